The first-order valence-corrected chi connectivity index (χ1v) is 9.39. The van der Waals surface area contributed by atoms with Gasteiger partial charge in [-0.15, -0.1) is 11.3 Å². The fraction of sp³-hybridized carbons (Fsp3) is 0.421. The van der Waals surface area contributed by atoms with Gasteiger partial charge in [0, 0.05) is 12.3 Å². The zero-order valence-electron chi connectivity index (χ0n) is 15.3. The maximum Gasteiger partial charge on any atom is 0.308 e. The van der Waals surface area contributed by atoms with Gasteiger partial charge in [-0.2, -0.15) is 0 Å². The smallest absolute Gasteiger partial charge is 0.308 e. The minimum Gasteiger partial charge on any atom is -0.497 e. The monoisotopic (exact) mass is 376 g/mol. The second-order valence-electron chi connectivity index (χ2n) is 5.87. The van der Waals surface area contributed by atoms with E-state index < -0.39 is 6.04 Å². The highest BCUT2D eigenvalue weighted by Crippen LogP contribution is 2.21. The van der Waals surface area contributed by atoms with Crippen LogP contribution in [0.25, 0.3) is 0 Å². The lowest BCUT2D eigenvalue weighted by Crippen LogP contribution is -2.28. The van der Waals surface area contributed by atoms with Crippen LogP contribution < -0.4 is 10.1 Å². The molecule has 2 aromatic rings. The molecule has 1 N–H and O–H groups in total. The van der Waals surface area contributed by atoms with Crippen molar-refractivity contribution in [1.82, 2.24) is 10.3 Å². The van der Waals surface area contributed by atoms with Crippen molar-refractivity contribution in [2.75, 3.05) is 7.11 Å². The predicted molar refractivity (Wildman–Crippen MR) is 100 cm³/mol. The minimum atomic E-state index is -0.447. The molecule has 1 heterocycles. The van der Waals surface area contributed by atoms with E-state index >= 15 is 0 Å². The van der Waals surface area contributed by atoms with Crippen LogP contribution in [-0.2, 0) is 27.4 Å². The molecule has 6 nitrogen and oxygen atoms in total. The fourth-order valence-corrected chi connectivity index (χ4v) is 3.34. The summed E-state index contributed by atoms with van der Waals surface area (Å²) in [7, 11) is 1.59. The van der Waals surface area contributed by atoms with Crippen molar-refractivity contribution in [3.63, 3.8) is 0 Å². The van der Waals surface area contributed by atoms with E-state index in [2.05, 4.69) is 17.2 Å². The van der Waals surface area contributed by atoms with Gasteiger partial charge in [0.25, 0.3) is 0 Å². The fourth-order valence-electron chi connectivity index (χ4n) is 2.46. The van der Waals surface area contributed by atoms with Crippen LogP contribution >= 0.6 is 11.3 Å². The number of carbonyl (C=O) groups is 2. The molecule has 0 spiro atoms. The molecule has 140 valence electrons. The van der Waals surface area contributed by atoms with Crippen molar-refractivity contribution in [2.45, 2.75) is 45.8 Å². The summed E-state index contributed by atoms with van der Waals surface area (Å²) in [4.78, 5) is 28.1. The number of hydrogen-bond acceptors (Lipinski definition) is 6. The third-order valence-corrected chi connectivity index (χ3v) is 4.67. The number of ether oxygens (including phenoxy) is 2. The van der Waals surface area contributed by atoms with E-state index in [-0.39, 0.29) is 24.9 Å². The summed E-state index contributed by atoms with van der Waals surface area (Å²) in [5, 5.41) is 5.75. The van der Waals surface area contributed by atoms with Crippen molar-refractivity contribution in [3.8, 4) is 5.75 Å². The highest BCUT2D eigenvalue weighted by molar-refractivity contribution is 7.09. The van der Waals surface area contributed by atoms with Crippen LogP contribution in [-0.4, -0.2) is 24.0 Å². The van der Waals surface area contributed by atoms with Gasteiger partial charge in [-0.1, -0.05) is 19.1 Å². The highest BCUT2D eigenvalue weighted by atomic mass is 32.1. The van der Waals surface area contributed by atoms with Gasteiger partial charge in [0.2, 0.25) is 5.91 Å². The van der Waals surface area contributed by atoms with Gasteiger partial charge in [0.15, 0.2) is 0 Å². The number of aromatic nitrogens is 1. The van der Waals surface area contributed by atoms with Crippen molar-refractivity contribution >= 4 is 23.2 Å². The van der Waals surface area contributed by atoms with Crippen LogP contribution in [0.5, 0.6) is 5.75 Å². The second kappa shape index (κ2) is 9.91. The van der Waals surface area contributed by atoms with E-state index in [9.17, 15) is 9.59 Å². The van der Waals surface area contributed by atoms with Crippen LogP contribution in [0, 0.1) is 0 Å². The number of benzene rings is 1. The van der Waals surface area contributed by atoms with E-state index in [1.807, 2.05) is 17.5 Å². The summed E-state index contributed by atoms with van der Waals surface area (Å²) < 4.78 is 10.5. The molecule has 0 aliphatic heterocycles. The summed E-state index contributed by atoms with van der Waals surface area (Å²) in [6, 6.07) is 6.78. The Balaban J connectivity index is 1.95. The number of methoxy groups -OCH3 is 1. The summed E-state index contributed by atoms with van der Waals surface area (Å²) in [6.07, 6.45) is 2.02. The molecule has 1 aromatic heterocycles. The minimum absolute atomic E-state index is 0.0534. The molecule has 0 bridgehead atoms. The van der Waals surface area contributed by atoms with E-state index in [1.54, 1.807) is 30.6 Å². The predicted octanol–water partition coefficient (Wildman–Crippen LogP) is 3.41. The Labute approximate surface area is 157 Å². The van der Waals surface area contributed by atoms with Gasteiger partial charge in [0.05, 0.1) is 30.3 Å². The van der Waals surface area contributed by atoms with Crippen LogP contribution in [0.2, 0.25) is 0 Å². The average Bonchev–Trinajstić information content (AvgIpc) is 3.07. The maximum atomic E-state index is 12.2. The molecule has 1 amide bonds. The molecule has 2 rings (SSSR count). The first-order valence-electron chi connectivity index (χ1n) is 8.51. The van der Waals surface area contributed by atoms with Gasteiger partial charge >= 0.3 is 5.97 Å². The van der Waals surface area contributed by atoms with Crippen LogP contribution in [0.3, 0.4) is 0 Å². The molecular formula is C19H24N2O4S. The van der Waals surface area contributed by atoms with Crippen molar-refractivity contribution in [3.05, 3.63) is 45.9 Å². The Bertz CT molecular complexity index is 727. The van der Waals surface area contributed by atoms with Gasteiger partial charge in [-0.05, 0) is 30.5 Å². The van der Waals surface area contributed by atoms with Gasteiger partial charge < -0.3 is 14.8 Å². The van der Waals surface area contributed by atoms with Crippen molar-refractivity contribution < 1.29 is 19.1 Å². The number of rotatable bonds is 9. The Morgan fingerprint density at radius 1 is 1.27 bits per heavy atom. The van der Waals surface area contributed by atoms with Crippen LogP contribution in [0.15, 0.2) is 29.6 Å². The van der Waals surface area contributed by atoms with Gasteiger partial charge in [-0.25, -0.2) is 4.98 Å². The standard InChI is InChI=1S/C19H24N2O4S/c1-4-5-18-21-15(12-26-18)11-25-19(23)10-17(20-13(2)22)14-6-8-16(24-3)9-7-14/h6-9,12,17H,4-5,10-11H2,1-3H3,(H,20,22). The molecule has 7 heteroatoms. The molecule has 0 aliphatic rings. The molecule has 1 atom stereocenters. The number of nitrogens with one attached hydrogen (secondary N) is 1. The first-order chi connectivity index (χ1) is 12.5. The molecular weight excluding hydrogens is 352 g/mol. The lowest BCUT2D eigenvalue weighted by atomic mass is 10.0. The molecule has 0 aliphatic carbocycles. The molecule has 1 unspecified atom stereocenters. The van der Waals surface area contributed by atoms with E-state index in [4.69, 9.17) is 9.47 Å². The van der Waals surface area contributed by atoms with Crippen LogP contribution in [0.1, 0.15) is 49.0 Å². The Morgan fingerprint density at radius 3 is 2.62 bits per heavy atom. The topological polar surface area (TPSA) is 77.5 Å². The normalized spacial score (nSPS) is 11.7. The summed E-state index contributed by atoms with van der Waals surface area (Å²) in [5.41, 5.74) is 1.57. The summed E-state index contributed by atoms with van der Waals surface area (Å²) >= 11 is 1.58. The Morgan fingerprint density at radius 2 is 2.00 bits per heavy atom. The third kappa shape index (κ3) is 6.15. The number of aryl methyl sites for hydroxylation is 1. The number of carbonyl (C=O) groups excluding carboxylic acids is 2. The summed E-state index contributed by atoms with van der Waals surface area (Å²) in [6.45, 7) is 3.67. The van der Waals surface area contributed by atoms with Crippen molar-refractivity contribution in [2.24, 2.45) is 0 Å². The number of amides is 1. The number of esters is 1. The largest absolute Gasteiger partial charge is 0.497 e. The lowest BCUT2D eigenvalue weighted by Gasteiger charge is -2.18. The molecule has 1 aromatic carbocycles. The van der Waals surface area contributed by atoms with Crippen molar-refractivity contribution in [1.29, 1.82) is 0 Å². The average molecular weight is 376 g/mol. The maximum absolute atomic E-state index is 12.2. The molecule has 26 heavy (non-hydrogen) atoms. The second-order valence-corrected chi connectivity index (χ2v) is 6.82. The SMILES string of the molecule is CCCc1nc(COC(=O)CC(NC(C)=O)c2ccc(OC)cc2)cs1. The first kappa shape index (κ1) is 19.9. The Kier molecular flexibility index (Phi) is 7.59. The lowest BCUT2D eigenvalue weighted by molar-refractivity contribution is -0.145. The van der Waals surface area contributed by atoms with Crippen LogP contribution in [0.4, 0.5) is 0 Å². The zero-order valence-corrected chi connectivity index (χ0v) is 16.1. The van der Waals surface area contributed by atoms with Gasteiger partial charge in [0.1, 0.15) is 12.4 Å². The number of hydrogen-bond donors (Lipinski definition) is 1. The molecule has 0 saturated heterocycles. The quantitative estimate of drug-likeness (QED) is 0.679. The summed E-state index contributed by atoms with van der Waals surface area (Å²) in [5.74, 6) is 0.122. The number of thiazole rings is 1. The highest BCUT2D eigenvalue weighted by Gasteiger charge is 2.18. The Hall–Kier alpha value is -2.41. The van der Waals surface area contributed by atoms with E-state index in [1.165, 1.54) is 6.92 Å². The van der Waals surface area contributed by atoms with E-state index in [0.29, 0.717) is 5.75 Å². The zero-order chi connectivity index (χ0) is 18.9. The van der Waals surface area contributed by atoms with E-state index in [0.717, 1.165) is 29.1 Å². The third-order valence-electron chi connectivity index (χ3n) is 3.71. The molecule has 0 fully saturated rings. The number of nitrogens with zero attached hydrogens (tertiary/aromatic N) is 1. The van der Waals surface area contributed by atoms with Gasteiger partial charge in [-0.3, -0.25) is 9.59 Å². The molecule has 0 saturated carbocycles. The molecule has 0 radical (unpaired) electrons.